The van der Waals surface area contributed by atoms with Gasteiger partial charge < -0.3 is 14.2 Å². The first-order chi connectivity index (χ1) is 18.2. The number of ketones is 1. The van der Waals surface area contributed by atoms with Gasteiger partial charge in [0, 0.05) is 5.56 Å². The number of carbonyl (C=O) groups is 2. The van der Waals surface area contributed by atoms with Gasteiger partial charge in [-0.2, -0.15) is 8.78 Å². The lowest BCUT2D eigenvalue weighted by molar-refractivity contribution is -0.141. The van der Waals surface area contributed by atoms with Crippen molar-refractivity contribution in [2.75, 3.05) is 0 Å². The average Bonchev–Trinajstić information content (AvgIpc) is 3.21. The van der Waals surface area contributed by atoms with E-state index in [0.29, 0.717) is 0 Å². The van der Waals surface area contributed by atoms with Crippen molar-refractivity contribution in [3.05, 3.63) is 93.5 Å². The second-order valence-electron chi connectivity index (χ2n) is 9.96. The predicted molar refractivity (Wildman–Crippen MR) is 131 cm³/mol. The van der Waals surface area contributed by atoms with E-state index in [9.17, 15) is 31.5 Å². The van der Waals surface area contributed by atoms with Crippen molar-refractivity contribution in [1.82, 2.24) is 0 Å². The summed E-state index contributed by atoms with van der Waals surface area (Å²) in [7, 11) is 0. The van der Waals surface area contributed by atoms with Gasteiger partial charge in [0.05, 0.1) is 5.56 Å². The maximum absolute atomic E-state index is 13.9. The fourth-order valence-electron chi connectivity index (χ4n) is 3.81. The van der Waals surface area contributed by atoms with Gasteiger partial charge in [-0.15, -0.1) is 0 Å². The Morgan fingerprint density at radius 1 is 0.897 bits per heavy atom. The fraction of sp³-hybridized carbons (Fsp3) is 0.241. The molecular weight excluding hydrogens is 523 g/mol. The molecule has 1 heterocycles. The Bertz CT molecular complexity index is 1490. The van der Waals surface area contributed by atoms with E-state index in [0.717, 1.165) is 18.1 Å². The number of carbonyl (C=O) groups excluding carboxylic acids is 2. The van der Waals surface area contributed by atoms with Crippen LogP contribution in [0.15, 0.2) is 42.2 Å². The molecule has 10 heteroatoms. The molecule has 0 saturated heterocycles. The number of allylic oxidation sites excluding steroid dienone is 1. The van der Waals surface area contributed by atoms with Crippen molar-refractivity contribution >= 4 is 17.8 Å². The van der Waals surface area contributed by atoms with Gasteiger partial charge in [-0.25, -0.2) is 18.0 Å². The molecule has 0 amide bonds. The van der Waals surface area contributed by atoms with E-state index in [4.69, 9.17) is 14.2 Å². The van der Waals surface area contributed by atoms with Gasteiger partial charge in [-0.05, 0) is 48.6 Å². The quantitative estimate of drug-likeness (QED) is 0.0863. The summed E-state index contributed by atoms with van der Waals surface area (Å²) in [4.78, 5) is 25.4. The molecule has 39 heavy (non-hydrogen) atoms. The Balaban J connectivity index is 1.52. The summed E-state index contributed by atoms with van der Waals surface area (Å²) in [6.07, 6.45) is -0.181. The molecule has 3 aromatic rings. The summed E-state index contributed by atoms with van der Waals surface area (Å²) in [6.45, 7) is 8.78. The highest BCUT2D eigenvalue weighted by Gasteiger charge is 2.33. The van der Waals surface area contributed by atoms with Crippen LogP contribution >= 0.6 is 0 Å². The van der Waals surface area contributed by atoms with E-state index in [1.54, 1.807) is 6.08 Å². The van der Waals surface area contributed by atoms with Gasteiger partial charge in [0.1, 0.15) is 11.5 Å². The zero-order chi connectivity index (χ0) is 28.8. The SMILES string of the molecule is Cc1c(OC(=O)C(C)Oc2c(F)c(F)c(F)c(F)c2F)ccc2c1O/C(=C\c1ccc(C(C)(C)C)cc1)C2=O. The number of Topliss-reactive ketones (excluding diaryl/α,β-unsaturated/α-hetero) is 1. The highest BCUT2D eigenvalue weighted by molar-refractivity contribution is 6.15. The number of halogens is 5. The molecule has 1 atom stereocenters. The fourth-order valence-corrected chi connectivity index (χ4v) is 3.81. The number of fused-ring (bicyclic) bond motifs is 1. The smallest absolute Gasteiger partial charge is 0.352 e. The van der Waals surface area contributed by atoms with Crippen molar-refractivity contribution < 1.29 is 45.8 Å². The Morgan fingerprint density at radius 2 is 1.46 bits per heavy atom. The van der Waals surface area contributed by atoms with Crippen molar-refractivity contribution in [3.8, 4) is 17.2 Å². The number of esters is 1. The molecule has 0 fully saturated rings. The van der Waals surface area contributed by atoms with Crippen LogP contribution in [0.25, 0.3) is 6.08 Å². The van der Waals surface area contributed by atoms with Crippen molar-refractivity contribution in [1.29, 1.82) is 0 Å². The largest absolute Gasteiger partial charge is 0.473 e. The van der Waals surface area contributed by atoms with Gasteiger partial charge in [0.2, 0.25) is 34.9 Å². The molecule has 204 valence electrons. The van der Waals surface area contributed by atoms with E-state index >= 15 is 0 Å². The lowest BCUT2D eigenvalue weighted by Gasteiger charge is -2.18. The van der Waals surface area contributed by atoms with Crippen molar-refractivity contribution in [2.24, 2.45) is 0 Å². The number of rotatable bonds is 5. The Morgan fingerprint density at radius 3 is 2.03 bits per heavy atom. The molecule has 5 nitrogen and oxygen atoms in total. The molecule has 0 bridgehead atoms. The first kappa shape index (κ1) is 27.8. The molecule has 0 radical (unpaired) electrons. The molecule has 0 N–H and O–H groups in total. The van der Waals surface area contributed by atoms with E-state index in [2.05, 4.69) is 20.8 Å². The van der Waals surface area contributed by atoms with Gasteiger partial charge in [-0.1, -0.05) is 45.0 Å². The molecule has 1 aliphatic heterocycles. The van der Waals surface area contributed by atoms with Crippen LogP contribution in [-0.4, -0.2) is 17.9 Å². The van der Waals surface area contributed by atoms with Crippen molar-refractivity contribution in [3.63, 3.8) is 0 Å². The second kappa shape index (κ2) is 10.2. The summed E-state index contributed by atoms with van der Waals surface area (Å²) in [5.74, 6) is -14.3. The maximum Gasteiger partial charge on any atom is 0.352 e. The molecule has 0 aromatic heterocycles. The van der Waals surface area contributed by atoms with Crippen LogP contribution in [-0.2, 0) is 10.2 Å². The average molecular weight is 546 g/mol. The minimum Gasteiger partial charge on any atom is -0.473 e. The molecule has 0 spiro atoms. The summed E-state index contributed by atoms with van der Waals surface area (Å²) < 4.78 is 83.7. The molecular formula is C29H23F5O5. The molecule has 0 aliphatic carbocycles. The van der Waals surface area contributed by atoms with Crippen LogP contribution in [0.5, 0.6) is 17.2 Å². The molecule has 0 saturated carbocycles. The van der Waals surface area contributed by atoms with Gasteiger partial charge in [0.25, 0.3) is 0 Å². The standard InChI is InChI=1S/C29H23F5O5/c1-13-18(39-28(36)14(2)37-27-23(33)21(31)20(30)22(32)24(27)34)11-10-17-25(35)19(38-26(13)17)12-15-6-8-16(9-7-15)29(3,4)5/h6-12,14H,1-5H3/b19-12-. The highest BCUT2D eigenvalue weighted by Crippen LogP contribution is 2.39. The second-order valence-corrected chi connectivity index (χ2v) is 9.96. The third kappa shape index (κ3) is 5.23. The Labute approximate surface area is 220 Å². The monoisotopic (exact) mass is 546 g/mol. The van der Waals surface area contributed by atoms with E-state index in [-0.39, 0.29) is 39.6 Å². The normalized spacial score (nSPS) is 14.7. The topological polar surface area (TPSA) is 61.8 Å². The van der Waals surface area contributed by atoms with E-state index in [1.807, 2.05) is 24.3 Å². The third-order valence-corrected chi connectivity index (χ3v) is 6.12. The lowest BCUT2D eigenvalue weighted by atomic mass is 9.86. The third-order valence-electron chi connectivity index (χ3n) is 6.12. The number of hydrogen-bond donors (Lipinski definition) is 0. The van der Waals surface area contributed by atoms with Crippen LogP contribution in [0.3, 0.4) is 0 Å². The summed E-state index contributed by atoms with van der Waals surface area (Å²) in [6, 6.07) is 10.3. The number of benzene rings is 3. The van der Waals surface area contributed by atoms with Gasteiger partial charge in [-0.3, -0.25) is 4.79 Å². The Hall–Kier alpha value is -4.21. The van der Waals surface area contributed by atoms with Crippen LogP contribution in [0, 0.1) is 36.0 Å². The molecule has 1 aliphatic rings. The summed E-state index contributed by atoms with van der Waals surface area (Å²) in [5, 5.41) is 0. The van der Waals surface area contributed by atoms with E-state index in [1.165, 1.54) is 19.1 Å². The first-order valence-electron chi connectivity index (χ1n) is 11.8. The van der Waals surface area contributed by atoms with Crippen LogP contribution in [0.1, 0.15) is 54.7 Å². The minimum absolute atomic E-state index is 0.0389. The van der Waals surface area contributed by atoms with Crippen molar-refractivity contribution in [2.45, 2.75) is 46.1 Å². The van der Waals surface area contributed by atoms with Crippen LogP contribution < -0.4 is 14.2 Å². The number of hydrogen-bond acceptors (Lipinski definition) is 5. The molecule has 3 aromatic carbocycles. The zero-order valence-electron chi connectivity index (χ0n) is 21.5. The number of ether oxygens (including phenoxy) is 3. The van der Waals surface area contributed by atoms with E-state index < -0.39 is 46.9 Å². The minimum atomic E-state index is -2.36. The molecule has 1 unspecified atom stereocenters. The Kier molecular flexibility index (Phi) is 7.25. The zero-order valence-corrected chi connectivity index (χ0v) is 21.5. The van der Waals surface area contributed by atoms with Gasteiger partial charge in [0.15, 0.2) is 17.6 Å². The van der Waals surface area contributed by atoms with Crippen LogP contribution in [0.4, 0.5) is 22.0 Å². The molecule has 4 rings (SSSR count). The first-order valence-corrected chi connectivity index (χ1v) is 11.8. The van der Waals surface area contributed by atoms with Gasteiger partial charge >= 0.3 is 5.97 Å². The van der Waals surface area contributed by atoms with Crippen LogP contribution in [0.2, 0.25) is 0 Å². The summed E-state index contributed by atoms with van der Waals surface area (Å²) >= 11 is 0. The highest BCUT2D eigenvalue weighted by atomic mass is 19.2. The maximum atomic E-state index is 13.9. The predicted octanol–water partition coefficient (Wildman–Crippen LogP) is 6.98. The summed E-state index contributed by atoms with van der Waals surface area (Å²) in [5.41, 5.74) is 2.32. The lowest BCUT2D eigenvalue weighted by Crippen LogP contribution is -2.29.